The van der Waals surface area contributed by atoms with Crippen molar-refractivity contribution in [3.05, 3.63) is 59.7 Å². The molecule has 2 heteroatoms. The van der Waals surface area contributed by atoms with Crippen molar-refractivity contribution in [3.63, 3.8) is 0 Å². The van der Waals surface area contributed by atoms with Crippen LogP contribution in [0, 0.1) is 0 Å². The Hall–Kier alpha value is -1.64. The van der Waals surface area contributed by atoms with Crippen molar-refractivity contribution >= 4 is 0 Å². The molecule has 0 radical (unpaired) electrons. The summed E-state index contributed by atoms with van der Waals surface area (Å²) in [5, 5.41) is 0. The highest BCUT2D eigenvalue weighted by molar-refractivity contribution is 5.70. The molecule has 0 aliphatic carbocycles. The van der Waals surface area contributed by atoms with Crippen LogP contribution < -0.4 is 0 Å². The van der Waals surface area contributed by atoms with Crippen LogP contribution in [-0.4, -0.2) is 50.2 Å². The van der Waals surface area contributed by atoms with Gasteiger partial charge in [-0.1, -0.05) is 48.5 Å². The predicted octanol–water partition coefficient (Wildman–Crippen LogP) is 3.91. The van der Waals surface area contributed by atoms with E-state index in [-0.39, 0.29) is 0 Å². The molecule has 0 unspecified atom stereocenters. The van der Waals surface area contributed by atoms with Crippen molar-refractivity contribution in [2.24, 2.45) is 0 Å². The Morgan fingerprint density at radius 3 is 1.43 bits per heavy atom. The Morgan fingerprint density at radius 1 is 0.609 bits per heavy atom. The number of hydrogen-bond acceptors (Lipinski definition) is 0. The lowest BCUT2D eigenvalue weighted by Gasteiger charge is -2.33. The molecule has 0 amide bonds. The minimum atomic E-state index is 1.05. The van der Waals surface area contributed by atoms with Gasteiger partial charge in [-0.2, -0.15) is 0 Å². The van der Waals surface area contributed by atoms with Crippen LogP contribution in [0.25, 0.3) is 11.1 Å². The normalized spacial score (nSPS) is 20.0. The lowest BCUT2D eigenvalue weighted by atomic mass is 9.94. The highest BCUT2D eigenvalue weighted by Gasteiger charge is 2.25. The quantitative estimate of drug-likeness (QED) is 0.647. The zero-order valence-corrected chi connectivity index (χ0v) is 15.0. The van der Waals surface area contributed by atoms with Crippen molar-refractivity contribution in [1.82, 2.24) is 0 Å². The molecule has 0 saturated heterocycles. The molecule has 0 fully saturated rings. The van der Waals surface area contributed by atoms with E-state index in [1.54, 1.807) is 0 Å². The second kappa shape index (κ2) is 6.10. The van der Waals surface area contributed by atoms with E-state index in [0.717, 1.165) is 22.1 Å². The average molecular weight is 310 g/mol. The number of fused-ring (bicyclic) bond motifs is 3. The Morgan fingerprint density at radius 2 is 1.00 bits per heavy atom. The molecule has 1 heterocycles. The number of quaternary nitrogens is 2. The van der Waals surface area contributed by atoms with E-state index >= 15 is 0 Å². The lowest BCUT2D eigenvalue weighted by molar-refractivity contribution is -0.922. The maximum Gasteiger partial charge on any atom is 0.105 e. The maximum atomic E-state index is 2.36. The first-order valence-corrected chi connectivity index (χ1v) is 8.67. The number of rotatable bonds is 0. The molecular weight excluding hydrogens is 280 g/mol. The largest absolute Gasteiger partial charge is 0.325 e. The highest BCUT2D eigenvalue weighted by atomic mass is 15.3. The van der Waals surface area contributed by atoms with E-state index in [2.05, 4.69) is 76.7 Å². The minimum Gasteiger partial charge on any atom is -0.325 e. The molecule has 2 aromatic rings. The van der Waals surface area contributed by atoms with Gasteiger partial charge in [-0.15, -0.1) is 0 Å². The summed E-state index contributed by atoms with van der Waals surface area (Å²) in [6.45, 7) is 4.65. The van der Waals surface area contributed by atoms with Gasteiger partial charge in [-0.25, -0.2) is 0 Å². The molecule has 1 aliphatic rings. The van der Waals surface area contributed by atoms with Crippen LogP contribution in [-0.2, 0) is 13.1 Å². The van der Waals surface area contributed by atoms with E-state index in [9.17, 15) is 0 Å². The standard InChI is InChI=1S/C21H30N2/c1-22(2)14-9-15-23(3,4)17-19-11-6-8-13-21(19)20-12-7-5-10-18(20)16-22/h5-8,10-13H,9,14-17H2,1-4H3/q+2. The summed E-state index contributed by atoms with van der Waals surface area (Å²) in [4.78, 5) is 0. The van der Waals surface area contributed by atoms with Crippen LogP contribution in [0.1, 0.15) is 17.5 Å². The van der Waals surface area contributed by atoms with Gasteiger partial charge in [0.2, 0.25) is 0 Å². The summed E-state index contributed by atoms with van der Waals surface area (Å²) in [6.07, 6.45) is 1.27. The molecule has 23 heavy (non-hydrogen) atoms. The molecule has 122 valence electrons. The van der Waals surface area contributed by atoms with Gasteiger partial charge in [0, 0.05) is 17.5 Å². The fourth-order valence-electron chi connectivity index (χ4n) is 3.85. The molecule has 0 aromatic heterocycles. The molecule has 2 aromatic carbocycles. The van der Waals surface area contributed by atoms with Gasteiger partial charge in [-0.05, 0) is 11.1 Å². The van der Waals surface area contributed by atoms with Crippen LogP contribution in [0.5, 0.6) is 0 Å². The van der Waals surface area contributed by atoms with E-state index in [0.29, 0.717) is 0 Å². The first-order valence-electron chi connectivity index (χ1n) is 8.67. The summed E-state index contributed by atoms with van der Waals surface area (Å²) >= 11 is 0. The zero-order chi connectivity index (χ0) is 16.5. The fraction of sp³-hybridized carbons (Fsp3) is 0.429. The Balaban J connectivity index is 2.15. The Labute approximate surface area is 141 Å². The highest BCUT2D eigenvalue weighted by Crippen LogP contribution is 2.31. The van der Waals surface area contributed by atoms with Crippen LogP contribution >= 0.6 is 0 Å². The van der Waals surface area contributed by atoms with E-state index < -0.39 is 0 Å². The van der Waals surface area contributed by atoms with Crippen molar-refractivity contribution in [1.29, 1.82) is 0 Å². The third kappa shape index (κ3) is 3.82. The molecule has 0 N–H and O–H groups in total. The molecular formula is C21H30N2+2. The van der Waals surface area contributed by atoms with Gasteiger partial charge in [0.1, 0.15) is 13.1 Å². The molecule has 0 saturated carbocycles. The van der Waals surface area contributed by atoms with Crippen LogP contribution in [0.3, 0.4) is 0 Å². The summed E-state index contributed by atoms with van der Waals surface area (Å²) < 4.78 is 2.11. The predicted molar refractivity (Wildman–Crippen MR) is 97.9 cm³/mol. The summed E-state index contributed by atoms with van der Waals surface area (Å²) in [7, 11) is 9.45. The Kier molecular flexibility index (Phi) is 4.31. The number of hydrogen-bond donors (Lipinski definition) is 0. The number of nitrogens with zero attached hydrogens (tertiary/aromatic N) is 2. The van der Waals surface area contributed by atoms with Crippen LogP contribution in [0.4, 0.5) is 0 Å². The summed E-state index contributed by atoms with van der Waals surface area (Å²) in [5.41, 5.74) is 5.77. The van der Waals surface area contributed by atoms with Gasteiger partial charge in [0.25, 0.3) is 0 Å². The van der Waals surface area contributed by atoms with Crippen molar-refractivity contribution in [3.8, 4) is 11.1 Å². The first kappa shape index (κ1) is 16.2. The third-order valence-corrected chi connectivity index (χ3v) is 5.05. The van der Waals surface area contributed by atoms with E-state index in [4.69, 9.17) is 0 Å². The molecule has 1 aliphatic heterocycles. The first-order chi connectivity index (χ1) is 10.9. The van der Waals surface area contributed by atoms with Gasteiger partial charge >= 0.3 is 0 Å². The van der Waals surface area contributed by atoms with Crippen molar-refractivity contribution < 1.29 is 8.97 Å². The van der Waals surface area contributed by atoms with Crippen LogP contribution in [0.2, 0.25) is 0 Å². The molecule has 0 bridgehead atoms. The van der Waals surface area contributed by atoms with E-state index in [1.165, 1.54) is 41.8 Å². The van der Waals surface area contributed by atoms with Gasteiger partial charge < -0.3 is 8.97 Å². The lowest BCUT2D eigenvalue weighted by Crippen LogP contribution is -2.44. The van der Waals surface area contributed by atoms with Crippen LogP contribution in [0.15, 0.2) is 48.5 Å². The fourth-order valence-corrected chi connectivity index (χ4v) is 3.85. The second-order valence-electron chi connectivity index (χ2n) is 8.30. The summed E-state index contributed by atoms with van der Waals surface area (Å²) in [6, 6.07) is 17.9. The average Bonchev–Trinajstić information content (AvgIpc) is 2.48. The minimum absolute atomic E-state index is 1.05. The summed E-state index contributed by atoms with van der Waals surface area (Å²) in [5.74, 6) is 0. The SMILES string of the molecule is C[N+]1(C)CCC[N+](C)(C)Cc2ccccc2-c2ccccc2C1. The monoisotopic (exact) mass is 310 g/mol. The van der Waals surface area contributed by atoms with Gasteiger partial charge in [0.15, 0.2) is 0 Å². The van der Waals surface area contributed by atoms with Gasteiger partial charge in [-0.3, -0.25) is 0 Å². The van der Waals surface area contributed by atoms with Crippen molar-refractivity contribution in [2.45, 2.75) is 19.5 Å². The number of benzene rings is 2. The second-order valence-corrected chi connectivity index (χ2v) is 8.30. The molecule has 0 spiro atoms. The smallest absolute Gasteiger partial charge is 0.105 e. The molecule has 3 rings (SSSR count). The Bertz CT molecular complexity index is 626. The topological polar surface area (TPSA) is 0 Å². The zero-order valence-electron chi connectivity index (χ0n) is 15.0. The van der Waals surface area contributed by atoms with Crippen molar-refractivity contribution in [2.75, 3.05) is 41.3 Å². The molecule has 0 atom stereocenters. The maximum absolute atomic E-state index is 2.36. The third-order valence-electron chi connectivity index (χ3n) is 5.05. The van der Waals surface area contributed by atoms with E-state index in [1.807, 2.05) is 0 Å². The van der Waals surface area contributed by atoms with Gasteiger partial charge in [0.05, 0.1) is 41.3 Å². The molecule has 2 nitrogen and oxygen atoms in total.